The quantitative estimate of drug-likeness (QED) is 0.617. The Morgan fingerprint density at radius 3 is 2.43 bits per heavy atom. The lowest BCUT2D eigenvalue weighted by Gasteiger charge is -2.30. The number of halogens is 1. The van der Waals surface area contributed by atoms with Gasteiger partial charge in [0, 0.05) is 23.9 Å². The van der Waals surface area contributed by atoms with Gasteiger partial charge < -0.3 is 10.2 Å². The van der Waals surface area contributed by atoms with Crippen molar-refractivity contribution in [2.45, 2.75) is 38.6 Å². The first kappa shape index (κ1) is 22.3. The highest BCUT2D eigenvalue weighted by atomic mass is 35.5. The smallest absolute Gasteiger partial charge is 0.242 e. The monoisotopic (exact) mass is 418 g/mol. The van der Waals surface area contributed by atoms with Gasteiger partial charge in [0.25, 0.3) is 0 Å². The second-order valence-corrected chi connectivity index (χ2v) is 7.87. The zero-order valence-corrected chi connectivity index (χ0v) is 17.9. The predicted octanol–water partition coefficient (Wildman–Crippen LogP) is 4.52. The first-order chi connectivity index (χ1) is 13.5. The molecule has 0 aliphatic carbocycles. The van der Waals surface area contributed by atoms with Crippen molar-refractivity contribution in [3.8, 4) is 0 Å². The molecule has 1 atom stereocenters. The van der Waals surface area contributed by atoms with Crippen LogP contribution in [0.3, 0.4) is 0 Å². The van der Waals surface area contributed by atoms with E-state index >= 15 is 0 Å². The number of benzene rings is 2. The third-order valence-electron chi connectivity index (χ3n) is 4.32. The van der Waals surface area contributed by atoms with Crippen LogP contribution in [-0.4, -0.2) is 35.1 Å². The Kier molecular flexibility index (Phi) is 9.38. The maximum absolute atomic E-state index is 13.0. The van der Waals surface area contributed by atoms with Crippen molar-refractivity contribution >= 4 is 35.2 Å². The number of hydrogen-bond donors (Lipinski definition) is 1. The Morgan fingerprint density at radius 2 is 1.79 bits per heavy atom. The van der Waals surface area contributed by atoms with Crippen molar-refractivity contribution in [3.63, 3.8) is 0 Å². The molecule has 0 heterocycles. The van der Waals surface area contributed by atoms with E-state index in [1.54, 1.807) is 4.90 Å². The Bertz CT molecular complexity index is 770. The molecule has 0 saturated carbocycles. The molecule has 0 aliphatic heterocycles. The lowest BCUT2D eigenvalue weighted by molar-refractivity contribution is -0.139. The van der Waals surface area contributed by atoms with Crippen LogP contribution in [0, 0.1) is 0 Å². The zero-order valence-electron chi connectivity index (χ0n) is 16.4. The second kappa shape index (κ2) is 11.8. The standard InChI is InChI=1S/C22H27ClN2O2S/c1-3-20(22(27)24-4-2)25(14-17-9-6-5-7-10-17)21(26)16-28-15-18-11-8-12-19(23)13-18/h5-13,20H,3-4,14-16H2,1-2H3,(H,24,27). The number of amides is 2. The third kappa shape index (κ3) is 6.88. The Labute approximate surface area is 176 Å². The number of thioether (sulfide) groups is 1. The molecular formula is C22H27ClN2O2S. The average molecular weight is 419 g/mol. The van der Waals surface area contributed by atoms with Crippen LogP contribution in [0.5, 0.6) is 0 Å². The molecule has 2 amide bonds. The van der Waals surface area contributed by atoms with Crippen LogP contribution in [0.4, 0.5) is 0 Å². The molecule has 1 unspecified atom stereocenters. The molecular weight excluding hydrogens is 392 g/mol. The fraction of sp³-hybridized carbons (Fsp3) is 0.364. The van der Waals surface area contributed by atoms with Crippen molar-refractivity contribution in [1.82, 2.24) is 10.2 Å². The van der Waals surface area contributed by atoms with Gasteiger partial charge in [0.1, 0.15) is 6.04 Å². The summed E-state index contributed by atoms with van der Waals surface area (Å²) in [6.07, 6.45) is 0.573. The fourth-order valence-corrected chi connectivity index (χ4v) is 4.03. The molecule has 0 radical (unpaired) electrons. The summed E-state index contributed by atoms with van der Waals surface area (Å²) in [5.41, 5.74) is 2.09. The van der Waals surface area contributed by atoms with Crippen molar-refractivity contribution in [3.05, 3.63) is 70.7 Å². The van der Waals surface area contributed by atoms with Crippen LogP contribution in [0.25, 0.3) is 0 Å². The third-order valence-corrected chi connectivity index (χ3v) is 5.54. The fourth-order valence-electron chi connectivity index (χ4n) is 2.96. The van der Waals surface area contributed by atoms with Crippen molar-refractivity contribution in [2.75, 3.05) is 12.3 Å². The van der Waals surface area contributed by atoms with Crippen molar-refractivity contribution in [1.29, 1.82) is 0 Å². The summed E-state index contributed by atoms with van der Waals surface area (Å²) in [5, 5.41) is 3.54. The summed E-state index contributed by atoms with van der Waals surface area (Å²) in [4.78, 5) is 27.2. The molecule has 2 rings (SSSR count). The van der Waals surface area contributed by atoms with Gasteiger partial charge in [-0.05, 0) is 36.6 Å². The van der Waals surface area contributed by atoms with E-state index in [1.807, 2.05) is 68.4 Å². The number of likely N-dealkylation sites (N-methyl/N-ethyl adjacent to an activating group) is 1. The van der Waals surface area contributed by atoms with Gasteiger partial charge in [0.15, 0.2) is 0 Å². The van der Waals surface area contributed by atoms with E-state index in [2.05, 4.69) is 5.32 Å². The highest BCUT2D eigenvalue weighted by Gasteiger charge is 2.28. The van der Waals surface area contributed by atoms with E-state index in [4.69, 9.17) is 11.6 Å². The summed E-state index contributed by atoms with van der Waals surface area (Å²) in [7, 11) is 0. The zero-order chi connectivity index (χ0) is 20.4. The van der Waals surface area contributed by atoms with Crippen LogP contribution >= 0.6 is 23.4 Å². The molecule has 2 aromatic carbocycles. The van der Waals surface area contributed by atoms with Crippen LogP contribution < -0.4 is 5.32 Å². The van der Waals surface area contributed by atoms with Crippen LogP contribution in [-0.2, 0) is 21.9 Å². The Balaban J connectivity index is 2.07. The van der Waals surface area contributed by atoms with Gasteiger partial charge in [-0.25, -0.2) is 0 Å². The molecule has 4 nitrogen and oxygen atoms in total. The van der Waals surface area contributed by atoms with Gasteiger partial charge in [-0.1, -0.05) is 61.0 Å². The highest BCUT2D eigenvalue weighted by molar-refractivity contribution is 7.99. The molecule has 0 aromatic heterocycles. The molecule has 0 aliphatic rings. The van der Waals surface area contributed by atoms with E-state index in [1.165, 1.54) is 11.8 Å². The number of carbonyl (C=O) groups excluding carboxylic acids is 2. The van der Waals surface area contributed by atoms with Gasteiger partial charge in [-0.2, -0.15) is 0 Å². The normalized spacial score (nSPS) is 11.7. The average Bonchev–Trinajstić information content (AvgIpc) is 2.69. The molecule has 2 aromatic rings. The van der Waals surface area contributed by atoms with Crippen LogP contribution in [0.2, 0.25) is 5.02 Å². The lowest BCUT2D eigenvalue weighted by atomic mass is 10.1. The molecule has 1 N–H and O–H groups in total. The minimum absolute atomic E-state index is 0.0333. The van der Waals surface area contributed by atoms with Gasteiger partial charge in [0.05, 0.1) is 5.75 Å². The topological polar surface area (TPSA) is 49.4 Å². The van der Waals surface area contributed by atoms with E-state index in [-0.39, 0.29) is 11.8 Å². The maximum Gasteiger partial charge on any atom is 0.242 e. The van der Waals surface area contributed by atoms with Gasteiger partial charge in [0.2, 0.25) is 11.8 Å². The van der Waals surface area contributed by atoms with Crippen LogP contribution in [0.15, 0.2) is 54.6 Å². The Hall–Kier alpha value is -1.98. The highest BCUT2D eigenvalue weighted by Crippen LogP contribution is 2.19. The predicted molar refractivity (Wildman–Crippen MR) is 117 cm³/mol. The summed E-state index contributed by atoms with van der Waals surface area (Å²) >= 11 is 7.56. The van der Waals surface area contributed by atoms with Gasteiger partial charge in [-0.15, -0.1) is 11.8 Å². The van der Waals surface area contributed by atoms with E-state index in [0.29, 0.717) is 36.0 Å². The van der Waals surface area contributed by atoms with Crippen LogP contribution in [0.1, 0.15) is 31.4 Å². The summed E-state index contributed by atoms with van der Waals surface area (Å²) in [6.45, 7) is 4.79. The first-order valence-corrected chi connectivity index (χ1v) is 11.0. The second-order valence-electron chi connectivity index (χ2n) is 6.45. The minimum Gasteiger partial charge on any atom is -0.355 e. The number of carbonyl (C=O) groups is 2. The summed E-state index contributed by atoms with van der Waals surface area (Å²) in [5.74, 6) is 0.877. The molecule has 0 fully saturated rings. The molecule has 0 spiro atoms. The van der Waals surface area contributed by atoms with Gasteiger partial charge >= 0.3 is 0 Å². The number of nitrogens with one attached hydrogen (secondary N) is 1. The molecule has 0 bridgehead atoms. The Morgan fingerprint density at radius 1 is 1.07 bits per heavy atom. The van der Waals surface area contributed by atoms with E-state index in [0.717, 1.165) is 11.1 Å². The van der Waals surface area contributed by atoms with Crippen molar-refractivity contribution in [2.24, 2.45) is 0 Å². The first-order valence-electron chi connectivity index (χ1n) is 9.48. The maximum atomic E-state index is 13.0. The number of rotatable bonds is 10. The van der Waals surface area contributed by atoms with Crippen molar-refractivity contribution < 1.29 is 9.59 Å². The lowest BCUT2D eigenvalue weighted by Crippen LogP contribution is -2.49. The van der Waals surface area contributed by atoms with E-state index < -0.39 is 6.04 Å². The number of hydrogen-bond acceptors (Lipinski definition) is 3. The summed E-state index contributed by atoms with van der Waals surface area (Å²) in [6, 6.07) is 17.0. The minimum atomic E-state index is -0.473. The van der Waals surface area contributed by atoms with Gasteiger partial charge in [-0.3, -0.25) is 9.59 Å². The largest absolute Gasteiger partial charge is 0.355 e. The van der Waals surface area contributed by atoms with E-state index in [9.17, 15) is 9.59 Å². The summed E-state index contributed by atoms with van der Waals surface area (Å²) < 4.78 is 0. The SMILES string of the molecule is CCNC(=O)C(CC)N(Cc1ccccc1)C(=O)CSCc1cccc(Cl)c1. The number of nitrogens with zero attached hydrogens (tertiary/aromatic N) is 1. The molecule has 6 heteroatoms. The molecule has 150 valence electrons. The molecule has 28 heavy (non-hydrogen) atoms. The molecule has 0 saturated heterocycles.